The Labute approximate surface area is 193 Å². The number of nitrogens with zero attached hydrogens (tertiary/aromatic N) is 4. The third kappa shape index (κ3) is 6.56. The molecule has 1 amide bonds. The number of esters is 1. The first-order chi connectivity index (χ1) is 15.5. The normalized spacial score (nSPS) is 10.8. The summed E-state index contributed by atoms with van der Waals surface area (Å²) in [6.45, 7) is 2.20. The molecule has 0 spiro atoms. The molecular formula is C21H20ClN5O4S. The van der Waals surface area contributed by atoms with Crippen LogP contribution in [0.3, 0.4) is 0 Å². The van der Waals surface area contributed by atoms with Crippen LogP contribution in [-0.4, -0.2) is 45.2 Å². The monoisotopic (exact) mass is 473 g/mol. The van der Waals surface area contributed by atoms with Gasteiger partial charge in [-0.05, 0) is 55.0 Å². The number of amides is 1. The first-order valence-corrected chi connectivity index (χ1v) is 10.9. The molecule has 0 bridgehead atoms. The van der Waals surface area contributed by atoms with Crippen molar-refractivity contribution in [3.63, 3.8) is 0 Å². The number of ether oxygens (including phenoxy) is 2. The van der Waals surface area contributed by atoms with E-state index in [0.717, 1.165) is 0 Å². The number of hydrogen-bond acceptors (Lipinski definition) is 8. The number of nitrogens with one attached hydrogen (secondary N) is 1. The van der Waals surface area contributed by atoms with Crippen LogP contribution in [0.2, 0.25) is 5.02 Å². The van der Waals surface area contributed by atoms with Crippen molar-refractivity contribution in [2.24, 2.45) is 12.1 Å². The molecule has 1 aromatic heterocycles. The van der Waals surface area contributed by atoms with Gasteiger partial charge in [0.2, 0.25) is 0 Å². The Kier molecular flexibility index (Phi) is 8.23. The quantitative estimate of drug-likeness (QED) is 0.167. The first-order valence-electron chi connectivity index (χ1n) is 9.49. The molecule has 11 heteroatoms. The molecule has 9 nitrogen and oxygen atoms in total. The lowest BCUT2D eigenvalue weighted by atomic mass is 10.2. The molecule has 0 unspecified atom stereocenters. The highest BCUT2D eigenvalue weighted by Crippen LogP contribution is 2.29. The van der Waals surface area contributed by atoms with Crippen LogP contribution in [0, 0.1) is 0 Å². The lowest BCUT2D eigenvalue weighted by molar-refractivity contribution is -0.118. The van der Waals surface area contributed by atoms with Gasteiger partial charge in [0, 0.05) is 12.1 Å². The van der Waals surface area contributed by atoms with E-state index in [0.29, 0.717) is 33.7 Å². The van der Waals surface area contributed by atoms with Gasteiger partial charge in [-0.25, -0.2) is 10.2 Å². The summed E-state index contributed by atoms with van der Waals surface area (Å²) < 4.78 is 12.8. The van der Waals surface area contributed by atoms with E-state index >= 15 is 0 Å². The van der Waals surface area contributed by atoms with Crippen molar-refractivity contribution < 1.29 is 19.1 Å². The van der Waals surface area contributed by atoms with Crippen LogP contribution in [0.4, 0.5) is 0 Å². The van der Waals surface area contributed by atoms with Crippen molar-refractivity contribution in [3.8, 4) is 11.5 Å². The van der Waals surface area contributed by atoms with E-state index in [-0.39, 0.29) is 17.4 Å². The molecule has 0 saturated heterocycles. The van der Waals surface area contributed by atoms with Crippen LogP contribution in [0.5, 0.6) is 11.5 Å². The zero-order valence-electron chi connectivity index (χ0n) is 17.3. The van der Waals surface area contributed by atoms with E-state index in [1.165, 1.54) is 18.0 Å². The lowest BCUT2D eigenvalue weighted by Crippen LogP contribution is -2.19. The van der Waals surface area contributed by atoms with Crippen molar-refractivity contribution in [2.75, 3.05) is 12.4 Å². The van der Waals surface area contributed by atoms with Gasteiger partial charge in [0.05, 0.1) is 24.1 Å². The van der Waals surface area contributed by atoms with Gasteiger partial charge in [-0.3, -0.25) is 4.79 Å². The Morgan fingerprint density at radius 3 is 2.69 bits per heavy atom. The average Bonchev–Trinajstić information content (AvgIpc) is 3.19. The van der Waals surface area contributed by atoms with Gasteiger partial charge in [-0.1, -0.05) is 23.4 Å². The number of thioether (sulfide) groups is 1. The molecular weight excluding hydrogens is 454 g/mol. The predicted octanol–water partition coefficient (Wildman–Crippen LogP) is 3.33. The van der Waals surface area contributed by atoms with Crippen LogP contribution < -0.4 is 14.9 Å². The van der Waals surface area contributed by atoms with E-state index < -0.39 is 5.97 Å². The van der Waals surface area contributed by atoms with Gasteiger partial charge in [-0.15, -0.1) is 10.2 Å². The fourth-order valence-electron chi connectivity index (χ4n) is 2.45. The summed E-state index contributed by atoms with van der Waals surface area (Å²) in [7, 11) is 1.80. The minimum Gasteiger partial charge on any atom is -0.490 e. The molecule has 0 saturated carbocycles. The number of rotatable bonds is 9. The molecule has 0 aliphatic carbocycles. The van der Waals surface area contributed by atoms with Gasteiger partial charge in [0.25, 0.3) is 5.91 Å². The number of benzene rings is 2. The second kappa shape index (κ2) is 11.3. The van der Waals surface area contributed by atoms with E-state index in [1.807, 2.05) is 6.92 Å². The zero-order chi connectivity index (χ0) is 22.9. The van der Waals surface area contributed by atoms with Gasteiger partial charge in [0.15, 0.2) is 16.7 Å². The number of hydrogen-bond donors (Lipinski definition) is 1. The lowest BCUT2D eigenvalue weighted by Gasteiger charge is -2.11. The highest BCUT2D eigenvalue weighted by Gasteiger charge is 2.13. The third-order valence-corrected chi connectivity index (χ3v) is 5.24. The van der Waals surface area contributed by atoms with Crippen molar-refractivity contribution in [2.45, 2.75) is 12.1 Å². The molecule has 1 N–H and O–H groups in total. The summed E-state index contributed by atoms with van der Waals surface area (Å²) in [4.78, 5) is 24.3. The molecule has 32 heavy (non-hydrogen) atoms. The minimum atomic E-state index is -0.531. The van der Waals surface area contributed by atoms with Crippen LogP contribution in [0.15, 0.2) is 59.0 Å². The van der Waals surface area contributed by atoms with Crippen molar-refractivity contribution >= 4 is 41.5 Å². The number of halogens is 1. The fourth-order valence-corrected chi connectivity index (χ4v) is 3.25. The summed E-state index contributed by atoms with van der Waals surface area (Å²) in [5.41, 5.74) is 3.47. The Bertz CT molecular complexity index is 1120. The van der Waals surface area contributed by atoms with Crippen LogP contribution in [0.1, 0.15) is 22.8 Å². The molecule has 166 valence electrons. The van der Waals surface area contributed by atoms with Gasteiger partial charge in [0.1, 0.15) is 6.33 Å². The van der Waals surface area contributed by atoms with E-state index in [4.69, 9.17) is 21.1 Å². The molecule has 0 fully saturated rings. The fraction of sp³-hybridized carbons (Fsp3) is 0.190. The summed E-state index contributed by atoms with van der Waals surface area (Å²) in [6.07, 6.45) is 3.03. The molecule has 0 aliphatic rings. The summed E-state index contributed by atoms with van der Waals surface area (Å²) >= 11 is 7.10. The van der Waals surface area contributed by atoms with E-state index in [1.54, 1.807) is 60.4 Å². The van der Waals surface area contributed by atoms with Gasteiger partial charge in [-0.2, -0.15) is 5.10 Å². The second-order valence-electron chi connectivity index (χ2n) is 6.34. The Morgan fingerprint density at radius 2 is 2.00 bits per heavy atom. The Hall–Kier alpha value is -3.37. The highest BCUT2D eigenvalue weighted by molar-refractivity contribution is 7.99. The molecule has 3 rings (SSSR count). The SMILES string of the molecule is CCOc1cc(/C=N/NC(=O)CSc2nncn2C)ccc1OC(=O)c1ccc(Cl)cc1. The summed E-state index contributed by atoms with van der Waals surface area (Å²) in [6, 6.07) is 11.3. The van der Waals surface area contributed by atoms with Gasteiger partial charge >= 0.3 is 5.97 Å². The van der Waals surface area contributed by atoms with Crippen molar-refractivity contribution in [1.29, 1.82) is 0 Å². The zero-order valence-corrected chi connectivity index (χ0v) is 18.9. The van der Waals surface area contributed by atoms with E-state index in [2.05, 4.69) is 20.7 Å². The molecule has 2 aromatic carbocycles. The molecule has 3 aromatic rings. The van der Waals surface area contributed by atoms with Crippen LogP contribution in [0.25, 0.3) is 0 Å². The molecule has 0 radical (unpaired) electrons. The predicted molar refractivity (Wildman–Crippen MR) is 121 cm³/mol. The maximum Gasteiger partial charge on any atom is 0.343 e. The first kappa shape index (κ1) is 23.3. The standard InChI is InChI=1S/C21H20ClN5O4S/c1-3-30-18-10-14(11-23-25-19(28)12-32-21-26-24-13-27(21)2)4-9-17(18)31-20(29)15-5-7-16(22)8-6-15/h4-11,13H,3,12H2,1-2H3,(H,25,28)/b23-11+. The second-order valence-corrected chi connectivity index (χ2v) is 7.72. The van der Waals surface area contributed by atoms with Crippen LogP contribution in [-0.2, 0) is 11.8 Å². The number of aromatic nitrogens is 3. The van der Waals surface area contributed by atoms with Crippen molar-refractivity contribution in [1.82, 2.24) is 20.2 Å². The Balaban J connectivity index is 1.60. The maximum atomic E-state index is 12.4. The Morgan fingerprint density at radius 1 is 1.22 bits per heavy atom. The van der Waals surface area contributed by atoms with Crippen LogP contribution >= 0.6 is 23.4 Å². The summed E-state index contributed by atoms with van der Waals surface area (Å²) in [5.74, 6) is -0.0197. The highest BCUT2D eigenvalue weighted by atomic mass is 35.5. The van der Waals surface area contributed by atoms with Gasteiger partial charge < -0.3 is 14.0 Å². The topological polar surface area (TPSA) is 108 Å². The number of hydrazone groups is 1. The minimum absolute atomic E-state index is 0.146. The third-order valence-electron chi connectivity index (χ3n) is 3.96. The smallest absolute Gasteiger partial charge is 0.343 e. The number of aryl methyl sites for hydroxylation is 1. The number of carbonyl (C=O) groups is 2. The van der Waals surface area contributed by atoms with E-state index in [9.17, 15) is 9.59 Å². The average molecular weight is 474 g/mol. The molecule has 1 heterocycles. The summed E-state index contributed by atoms with van der Waals surface area (Å²) in [5, 5.41) is 12.8. The molecule has 0 atom stereocenters. The largest absolute Gasteiger partial charge is 0.490 e. The van der Waals surface area contributed by atoms with Crippen molar-refractivity contribution in [3.05, 3.63) is 64.9 Å². The molecule has 0 aliphatic heterocycles. The number of carbonyl (C=O) groups excluding carboxylic acids is 2. The maximum absolute atomic E-state index is 12.4.